The van der Waals surface area contributed by atoms with Crippen LogP contribution in [0.5, 0.6) is 0 Å². The lowest BCUT2D eigenvalue weighted by Crippen LogP contribution is -2.20. The number of aryl methyl sites for hydroxylation is 1. The largest absolute Gasteiger partial charge is 0.389 e. The molecular weight excluding hydrogens is 186 g/mol. The Morgan fingerprint density at radius 3 is 2.77 bits per heavy atom. The molecule has 0 aliphatic carbocycles. The highest BCUT2D eigenvalue weighted by Crippen LogP contribution is 2.19. The van der Waals surface area contributed by atoms with Crippen molar-refractivity contribution in [3.63, 3.8) is 0 Å². The number of aromatic nitrogens is 1. The molecule has 0 spiro atoms. The van der Waals surface area contributed by atoms with Crippen molar-refractivity contribution in [3.05, 3.63) is 29.6 Å². The van der Waals surface area contributed by atoms with E-state index in [1.165, 1.54) is 0 Å². The fraction of sp³-hybridized carbons (Fsp3) is 0.444. The van der Waals surface area contributed by atoms with E-state index in [0.717, 1.165) is 5.69 Å². The molecule has 2 N–H and O–H groups in total. The molecule has 0 bridgehead atoms. The SMILES string of the molecule is Cc1ncccc1C(O)C(O)CS. The van der Waals surface area contributed by atoms with E-state index in [0.29, 0.717) is 5.56 Å². The normalized spacial score (nSPS) is 15.4. The lowest BCUT2D eigenvalue weighted by atomic mass is 10.0. The van der Waals surface area contributed by atoms with Gasteiger partial charge >= 0.3 is 0 Å². The van der Waals surface area contributed by atoms with Gasteiger partial charge in [0.15, 0.2) is 0 Å². The number of hydrogen-bond donors (Lipinski definition) is 3. The van der Waals surface area contributed by atoms with Crippen LogP contribution >= 0.6 is 12.6 Å². The Bertz CT molecular complexity index is 280. The lowest BCUT2D eigenvalue weighted by molar-refractivity contribution is 0.0331. The molecule has 0 saturated heterocycles. The molecule has 0 fully saturated rings. The van der Waals surface area contributed by atoms with Gasteiger partial charge in [0.05, 0.1) is 6.10 Å². The van der Waals surface area contributed by atoms with Gasteiger partial charge in [0.25, 0.3) is 0 Å². The van der Waals surface area contributed by atoms with Gasteiger partial charge in [-0.2, -0.15) is 12.6 Å². The number of thiol groups is 1. The van der Waals surface area contributed by atoms with Gasteiger partial charge in [0.2, 0.25) is 0 Å². The van der Waals surface area contributed by atoms with Crippen LogP contribution in [0.1, 0.15) is 17.4 Å². The maximum absolute atomic E-state index is 9.63. The minimum atomic E-state index is -0.897. The second-order valence-corrected chi connectivity index (χ2v) is 3.24. The monoisotopic (exact) mass is 199 g/mol. The van der Waals surface area contributed by atoms with Crippen molar-refractivity contribution in [3.8, 4) is 0 Å². The summed E-state index contributed by atoms with van der Waals surface area (Å²) in [4.78, 5) is 4.02. The van der Waals surface area contributed by atoms with Crippen LogP contribution in [0.2, 0.25) is 0 Å². The summed E-state index contributed by atoms with van der Waals surface area (Å²) < 4.78 is 0. The van der Waals surface area contributed by atoms with Crippen LogP contribution in [0, 0.1) is 6.92 Å². The number of pyridine rings is 1. The molecule has 0 saturated carbocycles. The van der Waals surface area contributed by atoms with E-state index >= 15 is 0 Å². The van der Waals surface area contributed by atoms with Gasteiger partial charge in [0, 0.05) is 23.2 Å². The molecule has 0 aliphatic rings. The molecular formula is C9H13NO2S. The van der Waals surface area contributed by atoms with Crippen LogP contribution in [-0.4, -0.2) is 27.1 Å². The Morgan fingerprint density at radius 2 is 2.23 bits per heavy atom. The van der Waals surface area contributed by atoms with E-state index in [2.05, 4.69) is 17.6 Å². The lowest BCUT2D eigenvalue weighted by Gasteiger charge is -2.17. The highest BCUT2D eigenvalue weighted by molar-refractivity contribution is 7.80. The summed E-state index contributed by atoms with van der Waals surface area (Å²) in [5, 5.41) is 19.0. The van der Waals surface area contributed by atoms with Crippen molar-refractivity contribution < 1.29 is 10.2 Å². The Morgan fingerprint density at radius 1 is 1.54 bits per heavy atom. The molecule has 0 radical (unpaired) electrons. The summed E-state index contributed by atoms with van der Waals surface area (Å²) in [7, 11) is 0. The van der Waals surface area contributed by atoms with Crippen LogP contribution in [0.4, 0.5) is 0 Å². The average molecular weight is 199 g/mol. The molecule has 1 rings (SSSR count). The predicted molar refractivity (Wildman–Crippen MR) is 53.8 cm³/mol. The van der Waals surface area contributed by atoms with Crippen molar-refractivity contribution in [1.82, 2.24) is 4.98 Å². The van der Waals surface area contributed by atoms with Crippen LogP contribution < -0.4 is 0 Å². The van der Waals surface area contributed by atoms with E-state index in [9.17, 15) is 10.2 Å². The van der Waals surface area contributed by atoms with Gasteiger partial charge in [-0.25, -0.2) is 0 Å². The van der Waals surface area contributed by atoms with Crippen LogP contribution in [0.15, 0.2) is 18.3 Å². The molecule has 72 valence electrons. The maximum atomic E-state index is 9.63. The molecule has 0 amide bonds. The van der Waals surface area contributed by atoms with E-state index in [1.807, 2.05) is 0 Å². The number of aliphatic hydroxyl groups is 2. The zero-order valence-electron chi connectivity index (χ0n) is 7.38. The first kappa shape index (κ1) is 10.5. The predicted octanol–water partition coefficient (Wildman–Crippen LogP) is 0.714. The first-order valence-corrected chi connectivity index (χ1v) is 4.68. The number of nitrogens with zero attached hydrogens (tertiary/aromatic N) is 1. The Hall–Kier alpha value is -0.580. The molecule has 2 atom stereocenters. The number of aliphatic hydroxyl groups excluding tert-OH is 2. The van der Waals surface area contributed by atoms with Gasteiger partial charge in [-0.05, 0) is 13.0 Å². The fourth-order valence-electron chi connectivity index (χ4n) is 1.12. The minimum absolute atomic E-state index is 0.232. The standard InChI is InChI=1S/C9H13NO2S/c1-6-7(3-2-4-10-6)9(12)8(11)5-13/h2-4,8-9,11-13H,5H2,1H3. The van der Waals surface area contributed by atoms with Gasteiger partial charge in [0.1, 0.15) is 6.10 Å². The highest BCUT2D eigenvalue weighted by atomic mass is 32.1. The van der Waals surface area contributed by atoms with E-state index < -0.39 is 12.2 Å². The van der Waals surface area contributed by atoms with Crippen LogP contribution in [0.3, 0.4) is 0 Å². The molecule has 2 unspecified atom stereocenters. The van der Waals surface area contributed by atoms with Crippen molar-refractivity contribution in [2.75, 3.05) is 5.75 Å². The number of rotatable bonds is 3. The van der Waals surface area contributed by atoms with Crippen molar-refractivity contribution in [1.29, 1.82) is 0 Å². The Kier molecular flexibility index (Phi) is 3.71. The Balaban J connectivity index is 2.88. The van der Waals surface area contributed by atoms with Crippen molar-refractivity contribution in [2.24, 2.45) is 0 Å². The molecule has 3 nitrogen and oxygen atoms in total. The summed E-state index contributed by atoms with van der Waals surface area (Å²) in [5.41, 5.74) is 1.39. The second kappa shape index (κ2) is 4.60. The first-order chi connectivity index (χ1) is 6.16. The topological polar surface area (TPSA) is 53.4 Å². The van der Waals surface area contributed by atoms with E-state index in [4.69, 9.17) is 0 Å². The van der Waals surface area contributed by atoms with Crippen molar-refractivity contribution >= 4 is 12.6 Å². The smallest absolute Gasteiger partial charge is 0.107 e. The van der Waals surface area contributed by atoms with Crippen LogP contribution in [0.25, 0.3) is 0 Å². The third-order valence-corrected chi connectivity index (χ3v) is 2.29. The van der Waals surface area contributed by atoms with Crippen LogP contribution in [-0.2, 0) is 0 Å². The zero-order chi connectivity index (χ0) is 9.84. The van der Waals surface area contributed by atoms with Gasteiger partial charge < -0.3 is 10.2 Å². The van der Waals surface area contributed by atoms with Gasteiger partial charge in [-0.15, -0.1) is 0 Å². The van der Waals surface area contributed by atoms with Gasteiger partial charge in [-0.3, -0.25) is 4.98 Å². The molecule has 1 aromatic heterocycles. The molecule has 1 aromatic rings. The second-order valence-electron chi connectivity index (χ2n) is 2.87. The summed E-state index contributed by atoms with van der Waals surface area (Å²) in [6, 6.07) is 3.48. The van der Waals surface area contributed by atoms with E-state index in [-0.39, 0.29) is 5.75 Å². The van der Waals surface area contributed by atoms with E-state index in [1.54, 1.807) is 25.3 Å². The van der Waals surface area contributed by atoms with Gasteiger partial charge in [-0.1, -0.05) is 6.07 Å². The number of hydrogen-bond acceptors (Lipinski definition) is 4. The summed E-state index contributed by atoms with van der Waals surface area (Å²) in [6.07, 6.45) is -0.0871. The Labute approximate surface area is 82.9 Å². The molecule has 13 heavy (non-hydrogen) atoms. The summed E-state index contributed by atoms with van der Waals surface area (Å²) in [6.45, 7) is 1.80. The summed E-state index contributed by atoms with van der Waals surface area (Å²) in [5.74, 6) is 0.232. The fourth-order valence-corrected chi connectivity index (χ4v) is 1.32. The molecule has 0 aliphatic heterocycles. The molecule has 4 heteroatoms. The zero-order valence-corrected chi connectivity index (χ0v) is 8.28. The highest BCUT2D eigenvalue weighted by Gasteiger charge is 2.18. The maximum Gasteiger partial charge on any atom is 0.107 e. The molecule has 1 heterocycles. The third-order valence-electron chi connectivity index (χ3n) is 1.92. The third kappa shape index (κ3) is 2.43. The van der Waals surface area contributed by atoms with Crippen molar-refractivity contribution in [2.45, 2.75) is 19.1 Å². The molecule has 0 aromatic carbocycles. The summed E-state index contributed by atoms with van der Waals surface area (Å²) >= 11 is 3.91. The quantitative estimate of drug-likeness (QED) is 0.629. The minimum Gasteiger partial charge on any atom is -0.389 e. The first-order valence-electron chi connectivity index (χ1n) is 4.05. The average Bonchev–Trinajstić information content (AvgIpc) is 2.16.